The summed E-state index contributed by atoms with van der Waals surface area (Å²) in [6.45, 7) is 6.79. The van der Waals surface area contributed by atoms with Gasteiger partial charge in [0.1, 0.15) is 0 Å². The summed E-state index contributed by atoms with van der Waals surface area (Å²) in [6, 6.07) is 0. The third-order valence-electron chi connectivity index (χ3n) is 1.15. The lowest BCUT2D eigenvalue weighted by molar-refractivity contribution is 0.644. The highest BCUT2D eigenvalue weighted by Gasteiger charge is 1.92. The Hall–Kier alpha value is 0.690. The smallest absolute Gasteiger partial charge is 0.00933 e. The molecule has 0 aliphatic rings. The standard InChI is InChI=1S/C7H16IN/c1-3-5-9-6-4-7(2)8/h7,9H,3-6H2,1-2H3. The number of alkyl halides is 1. The summed E-state index contributed by atoms with van der Waals surface area (Å²) in [6.07, 6.45) is 2.54. The summed E-state index contributed by atoms with van der Waals surface area (Å²) in [7, 11) is 0. The van der Waals surface area contributed by atoms with Crippen molar-refractivity contribution in [3.8, 4) is 0 Å². The minimum absolute atomic E-state index is 0.812. The molecule has 1 unspecified atom stereocenters. The molecule has 0 aromatic heterocycles. The summed E-state index contributed by atoms with van der Waals surface area (Å²) in [4.78, 5) is 0. The van der Waals surface area contributed by atoms with Crippen LogP contribution in [-0.4, -0.2) is 17.0 Å². The lowest BCUT2D eigenvalue weighted by Crippen LogP contribution is -2.17. The molecule has 2 heteroatoms. The van der Waals surface area contributed by atoms with Gasteiger partial charge in [0.25, 0.3) is 0 Å². The van der Waals surface area contributed by atoms with Crippen LogP contribution in [0.1, 0.15) is 26.7 Å². The number of halogens is 1. The van der Waals surface area contributed by atoms with E-state index >= 15 is 0 Å². The van der Waals surface area contributed by atoms with Crippen molar-refractivity contribution in [3.63, 3.8) is 0 Å². The Balaban J connectivity index is 2.75. The van der Waals surface area contributed by atoms with Gasteiger partial charge in [0, 0.05) is 3.92 Å². The Morgan fingerprint density at radius 3 is 2.56 bits per heavy atom. The predicted molar refractivity (Wildman–Crippen MR) is 51.3 cm³/mol. The van der Waals surface area contributed by atoms with Crippen LogP contribution in [0.15, 0.2) is 0 Å². The van der Waals surface area contributed by atoms with Gasteiger partial charge in [-0.3, -0.25) is 0 Å². The van der Waals surface area contributed by atoms with Gasteiger partial charge >= 0.3 is 0 Å². The Kier molecular flexibility index (Phi) is 7.33. The van der Waals surface area contributed by atoms with Gasteiger partial charge < -0.3 is 5.32 Å². The zero-order valence-electron chi connectivity index (χ0n) is 6.28. The summed E-state index contributed by atoms with van der Waals surface area (Å²) in [5.41, 5.74) is 0. The minimum Gasteiger partial charge on any atom is -0.317 e. The van der Waals surface area contributed by atoms with Gasteiger partial charge in [-0.25, -0.2) is 0 Å². The minimum atomic E-state index is 0.812. The molecule has 0 saturated heterocycles. The van der Waals surface area contributed by atoms with E-state index in [9.17, 15) is 0 Å². The van der Waals surface area contributed by atoms with E-state index < -0.39 is 0 Å². The molecule has 0 aliphatic heterocycles. The molecule has 0 aromatic carbocycles. The van der Waals surface area contributed by atoms with Crippen molar-refractivity contribution in [1.29, 1.82) is 0 Å². The first kappa shape index (κ1) is 9.69. The molecule has 0 heterocycles. The molecule has 1 N–H and O–H groups in total. The van der Waals surface area contributed by atoms with Crippen LogP contribution in [0.3, 0.4) is 0 Å². The van der Waals surface area contributed by atoms with Crippen molar-refractivity contribution >= 4 is 22.6 Å². The first-order valence-electron chi connectivity index (χ1n) is 3.62. The predicted octanol–water partition coefficient (Wildman–Crippen LogP) is 2.20. The van der Waals surface area contributed by atoms with Gasteiger partial charge in [-0.2, -0.15) is 0 Å². The van der Waals surface area contributed by atoms with Crippen LogP contribution >= 0.6 is 22.6 Å². The number of hydrogen-bond acceptors (Lipinski definition) is 1. The molecule has 0 bridgehead atoms. The molecule has 0 radical (unpaired) electrons. The molecular formula is C7H16IN. The highest BCUT2D eigenvalue weighted by molar-refractivity contribution is 14.1. The Morgan fingerprint density at radius 2 is 2.11 bits per heavy atom. The first-order valence-corrected chi connectivity index (χ1v) is 4.86. The van der Waals surface area contributed by atoms with Crippen molar-refractivity contribution in [1.82, 2.24) is 5.32 Å². The molecule has 0 aliphatic carbocycles. The Labute approximate surface area is 71.7 Å². The van der Waals surface area contributed by atoms with Crippen LogP contribution < -0.4 is 5.32 Å². The third-order valence-corrected chi connectivity index (χ3v) is 1.77. The molecule has 0 aromatic rings. The fourth-order valence-corrected chi connectivity index (χ4v) is 0.914. The average Bonchev–Trinajstić information content (AvgIpc) is 1.80. The largest absolute Gasteiger partial charge is 0.317 e. The van der Waals surface area contributed by atoms with Crippen molar-refractivity contribution in [2.45, 2.75) is 30.6 Å². The van der Waals surface area contributed by atoms with E-state index in [1.807, 2.05) is 0 Å². The zero-order chi connectivity index (χ0) is 7.11. The molecular weight excluding hydrogens is 225 g/mol. The van der Waals surface area contributed by atoms with Gasteiger partial charge in [0.2, 0.25) is 0 Å². The molecule has 0 fully saturated rings. The Bertz CT molecular complexity index is 54.9. The summed E-state index contributed by atoms with van der Waals surface area (Å²) in [5.74, 6) is 0. The van der Waals surface area contributed by atoms with Gasteiger partial charge in [-0.05, 0) is 25.9 Å². The maximum atomic E-state index is 3.36. The van der Waals surface area contributed by atoms with Crippen molar-refractivity contribution < 1.29 is 0 Å². The molecule has 9 heavy (non-hydrogen) atoms. The summed E-state index contributed by atoms with van der Waals surface area (Å²) in [5, 5.41) is 3.36. The van der Waals surface area contributed by atoms with Crippen LogP contribution in [0, 0.1) is 0 Å². The highest BCUT2D eigenvalue weighted by atomic mass is 127. The molecule has 0 saturated carbocycles. The number of hydrogen-bond donors (Lipinski definition) is 1. The number of rotatable bonds is 5. The topological polar surface area (TPSA) is 12.0 Å². The fourth-order valence-electron chi connectivity index (χ4n) is 0.603. The van der Waals surface area contributed by atoms with Gasteiger partial charge in [-0.15, -0.1) is 0 Å². The van der Waals surface area contributed by atoms with E-state index in [-0.39, 0.29) is 0 Å². The molecule has 1 atom stereocenters. The van der Waals surface area contributed by atoms with Crippen molar-refractivity contribution in [3.05, 3.63) is 0 Å². The van der Waals surface area contributed by atoms with E-state index in [1.54, 1.807) is 0 Å². The average molecular weight is 241 g/mol. The maximum Gasteiger partial charge on any atom is 0.00933 e. The summed E-state index contributed by atoms with van der Waals surface area (Å²) >= 11 is 2.45. The van der Waals surface area contributed by atoms with E-state index in [4.69, 9.17) is 0 Å². The maximum absolute atomic E-state index is 3.36. The normalized spacial score (nSPS) is 13.7. The van der Waals surface area contributed by atoms with E-state index in [1.165, 1.54) is 25.9 Å². The van der Waals surface area contributed by atoms with Crippen LogP contribution in [-0.2, 0) is 0 Å². The third kappa shape index (κ3) is 8.69. The lowest BCUT2D eigenvalue weighted by Gasteiger charge is -2.03. The SMILES string of the molecule is CCCNCCC(C)I. The molecule has 56 valence electrons. The quantitative estimate of drug-likeness (QED) is 0.442. The second-order valence-corrected chi connectivity index (χ2v) is 4.45. The van der Waals surface area contributed by atoms with Gasteiger partial charge in [0.05, 0.1) is 0 Å². The molecule has 0 rings (SSSR count). The van der Waals surface area contributed by atoms with Crippen LogP contribution in [0.25, 0.3) is 0 Å². The van der Waals surface area contributed by atoms with Crippen LogP contribution in [0.2, 0.25) is 0 Å². The first-order chi connectivity index (χ1) is 4.27. The molecule has 0 amide bonds. The zero-order valence-corrected chi connectivity index (χ0v) is 8.44. The monoisotopic (exact) mass is 241 g/mol. The summed E-state index contributed by atoms with van der Waals surface area (Å²) < 4.78 is 0.812. The highest BCUT2D eigenvalue weighted by Crippen LogP contribution is 2.01. The van der Waals surface area contributed by atoms with E-state index in [0.717, 1.165) is 3.92 Å². The van der Waals surface area contributed by atoms with E-state index in [0.29, 0.717) is 0 Å². The fraction of sp³-hybridized carbons (Fsp3) is 1.00. The van der Waals surface area contributed by atoms with Crippen molar-refractivity contribution in [2.24, 2.45) is 0 Å². The number of nitrogens with one attached hydrogen (secondary N) is 1. The van der Waals surface area contributed by atoms with Crippen molar-refractivity contribution in [2.75, 3.05) is 13.1 Å². The Morgan fingerprint density at radius 1 is 1.44 bits per heavy atom. The lowest BCUT2D eigenvalue weighted by atomic mass is 10.3. The van der Waals surface area contributed by atoms with Crippen LogP contribution in [0.4, 0.5) is 0 Å². The van der Waals surface area contributed by atoms with E-state index in [2.05, 4.69) is 41.8 Å². The molecule has 1 nitrogen and oxygen atoms in total. The molecule has 0 spiro atoms. The second-order valence-electron chi connectivity index (χ2n) is 2.32. The van der Waals surface area contributed by atoms with Gasteiger partial charge in [0.15, 0.2) is 0 Å². The van der Waals surface area contributed by atoms with Gasteiger partial charge in [-0.1, -0.05) is 36.4 Å². The van der Waals surface area contributed by atoms with Crippen LogP contribution in [0.5, 0.6) is 0 Å². The second kappa shape index (κ2) is 6.81.